The van der Waals surface area contributed by atoms with Gasteiger partial charge in [-0.25, -0.2) is 4.79 Å². The summed E-state index contributed by atoms with van der Waals surface area (Å²) in [4.78, 5) is 42.1. The van der Waals surface area contributed by atoms with E-state index in [2.05, 4.69) is 5.32 Å². The maximum atomic E-state index is 14.2. The van der Waals surface area contributed by atoms with Crippen molar-refractivity contribution >= 4 is 35.1 Å². The number of β-lactam (4-membered cyclic amide) rings is 1. The van der Waals surface area contributed by atoms with Crippen LogP contribution in [0, 0.1) is 0 Å². The summed E-state index contributed by atoms with van der Waals surface area (Å²) >= 11 is 1.49. The van der Waals surface area contributed by atoms with E-state index in [1.165, 1.54) is 16.7 Å². The topological polar surface area (TPSA) is 95.9 Å². The van der Waals surface area contributed by atoms with Crippen LogP contribution in [0.25, 0.3) is 5.57 Å². The molecule has 0 radical (unpaired) electrons. The Labute approximate surface area is 254 Å². The summed E-state index contributed by atoms with van der Waals surface area (Å²) < 4.78 is 6.23. The van der Waals surface area contributed by atoms with Crippen molar-refractivity contribution in [1.29, 1.82) is 0 Å². The van der Waals surface area contributed by atoms with Gasteiger partial charge in [-0.05, 0) is 27.8 Å². The summed E-state index contributed by atoms with van der Waals surface area (Å²) in [7, 11) is 0. The fourth-order valence-corrected chi connectivity index (χ4v) is 6.77. The molecule has 6 rings (SSSR count). The van der Waals surface area contributed by atoms with Crippen molar-refractivity contribution in [1.82, 2.24) is 10.2 Å². The van der Waals surface area contributed by atoms with E-state index in [-0.39, 0.29) is 30.5 Å². The minimum absolute atomic E-state index is 0.101. The van der Waals surface area contributed by atoms with E-state index in [0.29, 0.717) is 11.3 Å². The molecule has 4 aromatic rings. The van der Waals surface area contributed by atoms with Crippen molar-refractivity contribution in [3.05, 3.63) is 149 Å². The van der Waals surface area contributed by atoms with Gasteiger partial charge >= 0.3 is 5.97 Å². The van der Waals surface area contributed by atoms with Crippen molar-refractivity contribution in [3.8, 4) is 0 Å². The molecule has 8 heteroatoms. The highest BCUT2D eigenvalue weighted by atomic mass is 32.2. The Morgan fingerprint density at radius 3 is 2.00 bits per heavy atom. The molecule has 1 fully saturated rings. The van der Waals surface area contributed by atoms with Crippen LogP contribution in [0.3, 0.4) is 0 Å². The molecule has 4 aromatic carbocycles. The van der Waals surface area contributed by atoms with Crippen LogP contribution in [0.15, 0.2) is 121 Å². The van der Waals surface area contributed by atoms with Crippen molar-refractivity contribution < 1.29 is 24.2 Å². The predicted molar refractivity (Wildman–Crippen MR) is 165 cm³/mol. The van der Waals surface area contributed by atoms with Crippen molar-refractivity contribution in [2.24, 2.45) is 0 Å². The third-order valence-electron chi connectivity index (χ3n) is 7.60. The molecule has 7 nitrogen and oxygen atoms in total. The van der Waals surface area contributed by atoms with Gasteiger partial charge in [0.2, 0.25) is 5.91 Å². The minimum atomic E-state index is -0.749. The molecule has 0 bridgehead atoms. The van der Waals surface area contributed by atoms with Crippen molar-refractivity contribution in [3.63, 3.8) is 0 Å². The number of aliphatic hydroxyl groups is 1. The minimum Gasteiger partial charge on any atom is -0.448 e. The molecule has 1 saturated heterocycles. The molecule has 2 heterocycles. The first-order valence-corrected chi connectivity index (χ1v) is 15.1. The number of nitrogens with one attached hydrogen (secondary N) is 1. The van der Waals surface area contributed by atoms with Crippen LogP contribution in [-0.2, 0) is 32.1 Å². The van der Waals surface area contributed by atoms with Gasteiger partial charge in [-0.1, -0.05) is 115 Å². The molecule has 2 amide bonds. The molecule has 0 aromatic heterocycles. The number of hydrogen-bond donors (Lipinski definition) is 2. The number of aliphatic hydroxyl groups excluding tert-OH is 1. The number of carbonyl (C=O) groups excluding carboxylic acids is 3. The molecule has 0 saturated carbocycles. The van der Waals surface area contributed by atoms with E-state index in [0.717, 1.165) is 27.8 Å². The van der Waals surface area contributed by atoms with Gasteiger partial charge in [0.1, 0.15) is 17.1 Å². The number of rotatable bonds is 9. The van der Waals surface area contributed by atoms with Crippen LogP contribution < -0.4 is 5.32 Å². The van der Waals surface area contributed by atoms with Gasteiger partial charge in [-0.15, -0.1) is 11.8 Å². The number of nitrogens with zero attached hydrogens (tertiary/aromatic N) is 1. The van der Waals surface area contributed by atoms with Gasteiger partial charge in [-0.2, -0.15) is 0 Å². The van der Waals surface area contributed by atoms with Gasteiger partial charge in [-0.3, -0.25) is 14.5 Å². The standard InChI is InChI=1S/C35H30N2O5S/c38-21-24-16-18-25(19-17-24)28-22-43-34-30(36-29(39)20-23-10-4-1-5-11-23)33(40)37(34)31(28)35(41)42-32(26-12-6-2-7-13-26)27-14-8-3-9-15-27/h1-19,30,32,34,38H,20-22H2,(H,36,39)/t30-,34-/m1/s1. The second kappa shape index (κ2) is 12.7. The number of ether oxygens (including phenoxy) is 1. The fourth-order valence-electron chi connectivity index (χ4n) is 5.39. The Hall–Kier alpha value is -4.66. The maximum absolute atomic E-state index is 14.2. The Morgan fingerprint density at radius 1 is 0.837 bits per heavy atom. The molecule has 2 aliphatic heterocycles. The fraction of sp³-hybridized carbons (Fsp3) is 0.171. The van der Waals surface area contributed by atoms with Crippen LogP contribution >= 0.6 is 11.8 Å². The average molecular weight is 591 g/mol. The summed E-state index contributed by atoms with van der Waals surface area (Å²) in [5.74, 6) is -0.793. The number of fused-ring (bicyclic) bond motifs is 1. The van der Waals surface area contributed by atoms with Crippen molar-refractivity contribution in [2.75, 3.05) is 5.75 Å². The van der Waals surface area contributed by atoms with Gasteiger partial charge in [0.15, 0.2) is 6.10 Å². The van der Waals surface area contributed by atoms with Crippen LogP contribution in [-0.4, -0.2) is 45.0 Å². The van der Waals surface area contributed by atoms with Crippen LogP contribution in [0.1, 0.15) is 33.9 Å². The molecule has 2 aliphatic rings. The molecule has 0 unspecified atom stereocenters. The Kier molecular flexibility index (Phi) is 8.40. The second-order valence-electron chi connectivity index (χ2n) is 10.4. The van der Waals surface area contributed by atoms with Crippen LogP contribution in [0.2, 0.25) is 0 Å². The van der Waals surface area contributed by atoms with E-state index >= 15 is 0 Å². The van der Waals surface area contributed by atoms with E-state index < -0.39 is 23.5 Å². The van der Waals surface area contributed by atoms with Gasteiger partial charge < -0.3 is 15.2 Å². The number of esters is 1. The Bertz CT molecular complexity index is 1600. The van der Waals surface area contributed by atoms with Crippen LogP contribution in [0.5, 0.6) is 0 Å². The number of amides is 2. The van der Waals surface area contributed by atoms with E-state index in [1.54, 1.807) is 12.1 Å². The zero-order chi connectivity index (χ0) is 29.8. The number of hydrogen-bond acceptors (Lipinski definition) is 6. The number of carbonyl (C=O) groups is 3. The summed E-state index contributed by atoms with van der Waals surface area (Å²) in [6.45, 7) is -0.101. The van der Waals surface area contributed by atoms with Gasteiger partial charge in [0.05, 0.1) is 13.0 Å². The van der Waals surface area contributed by atoms with E-state index in [9.17, 15) is 19.5 Å². The monoisotopic (exact) mass is 590 g/mol. The predicted octanol–water partition coefficient (Wildman–Crippen LogP) is 4.87. The first-order valence-electron chi connectivity index (χ1n) is 14.1. The lowest BCUT2D eigenvalue weighted by molar-refractivity contribution is -0.154. The molecule has 43 heavy (non-hydrogen) atoms. The Morgan fingerprint density at radius 2 is 1.42 bits per heavy atom. The maximum Gasteiger partial charge on any atom is 0.356 e. The van der Waals surface area contributed by atoms with Crippen LogP contribution in [0.4, 0.5) is 0 Å². The highest BCUT2D eigenvalue weighted by Crippen LogP contribution is 2.44. The zero-order valence-electron chi connectivity index (χ0n) is 23.3. The number of thioether (sulfide) groups is 1. The first-order chi connectivity index (χ1) is 21.0. The molecule has 2 atom stereocenters. The molecular weight excluding hydrogens is 560 g/mol. The lowest BCUT2D eigenvalue weighted by atomic mass is 9.97. The largest absolute Gasteiger partial charge is 0.448 e. The highest BCUT2D eigenvalue weighted by molar-refractivity contribution is 8.00. The molecule has 0 spiro atoms. The lowest BCUT2D eigenvalue weighted by Crippen LogP contribution is -2.70. The van der Waals surface area contributed by atoms with Gasteiger partial charge in [0, 0.05) is 11.3 Å². The average Bonchev–Trinajstić information content (AvgIpc) is 3.06. The molecular formula is C35H30N2O5S. The summed E-state index contributed by atoms with van der Waals surface area (Å²) in [5, 5.41) is 12.0. The highest BCUT2D eigenvalue weighted by Gasteiger charge is 2.54. The first kappa shape index (κ1) is 28.5. The number of benzene rings is 4. The third kappa shape index (κ3) is 5.98. The normalized spacial score (nSPS) is 17.7. The third-order valence-corrected chi connectivity index (χ3v) is 8.88. The summed E-state index contributed by atoms with van der Waals surface area (Å²) in [6, 6.07) is 34.8. The zero-order valence-corrected chi connectivity index (χ0v) is 24.1. The summed E-state index contributed by atoms with van der Waals surface area (Å²) in [6.07, 6.45) is -0.531. The smallest absolute Gasteiger partial charge is 0.356 e. The van der Waals surface area contributed by atoms with Crippen molar-refractivity contribution in [2.45, 2.75) is 30.5 Å². The van der Waals surface area contributed by atoms with E-state index in [1.807, 2.05) is 103 Å². The molecule has 0 aliphatic carbocycles. The molecule has 216 valence electrons. The second-order valence-corrected chi connectivity index (χ2v) is 11.5. The SMILES string of the molecule is O=C(Cc1ccccc1)N[C@@H]1C(=O)N2C(C(=O)OC(c3ccccc3)c3ccccc3)=C(c3ccc(CO)cc3)CS[C@H]12. The molecule has 2 N–H and O–H groups in total. The quantitative estimate of drug-likeness (QED) is 0.214. The van der Waals surface area contributed by atoms with E-state index in [4.69, 9.17) is 4.74 Å². The van der Waals surface area contributed by atoms with Gasteiger partial charge in [0.25, 0.3) is 5.91 Å². The lowest BCUT2D eigenvalue weighted by Gasteiger charge is -2.50. The Balaban J connectivity index is 1.32. The summed E-state index contributed by atoms with van der Waals surface area (Å²) in [5.41, 5.74) is 4.80.